The number of rotatable bonds is 3. The molecule has 0 fully saturated rings. The second-order valence-corrected chi connectivity index (χ2v) is 3.41. The molecule has 2 rings (SSSR count). The SMILES string of the molecule is O=C(OCc1ccccc1)[C@@H]1C=CCN1. The van der Waals surface area contributed by atoms with Crippen LogP contribution in [0.25, 0.3) is 0 Å². The van der Waals surface area contributed by atoms with Gasteiger partial charge in [0.25, 0.3) is 0 Å². The van der Waals surface area contributed by atoms with E-state index in [0.717, 1.165) is 12.1 Å². The Labute approximate surface area is 88.8 Å². The van der Waals surface area contributed by atoms with Crippen molar-refractivity contribution in [3.8, 4) is 0 Å². The summed E-state index contributed by atoms with van der Waals surface area (Å²) in [6.45, 7) is 1.08. The minimum Gasteiger partial charge on any atom is -0.459 e. The van der Waals surface area contributed by atoms with Crippen LogP contribution in [0.4, 0.5) is 0 Å². The van der Waals surface area contributed by atoms with E-state index in [0.29, 0.717) is 6.61 Å². The molecular weight excluding hydrogens is 190 g/mol. The summed E-state index contributed by atoms with van der Waals surface area (Å²) in [5.41, 5.74) is 1.01. The maximum Gasteiger partial charge on any atom is 0.327 e. The molecule has 1 aliphatic rings. The Balaban J connectivity index is 1.83. The lowest BCUT2D eigenvalue weighted by molar-refractivity contribution is -0.145. The highest BCUT2D eigenvalue weighted by Crippen LogP contribution is 2.03. The molecule has 1 heterocycles. The van der Waals surface area contributed by atoms with E-state index in [2.05, 4.69) is 5.32 Å². The number of carbonyl (C=O) groups excluding carboxylic acids is 1. The zero-order valence-corrected chi connectivity index (χ0v) is 8.35. The maximum atomic E-state index is 11.5. The zero-order chi connectivity index (χ0) is 10.5. The zero-order valence-electron chi connectivity index (χ0n) is 8.35. The van der Waals surface area contributed by atoms with Crippen molar-refractivity contribution < 1.29 is 9.53 Å². The van der Waals surface area contributed by atoms with Gasteiger partial charge in [-0.3, -0.25) is 5.32 Å². The predicted octanol–water partition coefficient (Wildman–Crippen LogP) is 1.26. The van der Waals surface area contributed by atoms with Crippen molar-refractivity contribution in [3.63, 3.8) is 0 Å². The van der Waals surface area contributed by atoms with Gasteiger partial charge in [0.2, 0.25) is 0 Å². The van der Waals surface area contributed by atoms with E-state index < -0.39 is 0 Å². The van der Waals surface area contributed by atoms with E-state index in [-0.39, 0.29) is 12.0 Å². The van der Waals surface area contributed by atoms with Crippen molar-refractivity contribution in [2.45, 2.75) is 12.6 Å². The Hall–Kier alpha value is -1.61. The summed E-state index contributed by atoms with van der Waals surface area (Å²) in [6, 6.07) is 9.39. The van der Waals surface area contributed by atoms with Crippen LogP contribution in [0.1, 0.15) is 5.56 Å². The molecule has 3 nitrogen and oxygen atoms in total. The second kappa shape index (κ2) is 4.75. The van der Waals surface area contributed by atoms with Gasteiger partial charge in [0.05, 0.1) is 0 Å². The standard InChI is InChI=1S/C12H13NO2/c14-12(11-7-4-8-13-11)15-9-10-5-2-1-3-6-10/h1-7,11,13H,8-9H2/t11-/m0/s1. The van der Waals surface area contributed by atoms with E-state index in [9.17, 15) is 4.79 Å². The summed E-state index contributed by atoms with van der Waals surface area (Å²) >= 11 is 0. The summed E-state index contributed by atoms with van der Waals surface area (Å²) in [6.07, 6.45) is 3.75. The Morgan fingerprint density at radius 2 is 2.20 bits per heavy atom. The van der Waals surface area contributed by atoms with Gasteiger partial charge in [-0.15, -0.1) is 0 Å². The van der Waals surface area contributed by atoms with E-state index in [1.54, 1.807) is 0 Å². The average molecular weight is 203 g/mol. The minimum atomic E-state index is -0.270. The van der Waals surface area contributed by atoms with E-state index >= 15 is 0 Å². The van der Waals surface area contributed by atoms with Crippen LogP contribution in [0.15, 0.2) is 42.5 Å². The number of esters is 1. The quantitative estimate of drug-likeness (QED) is 0.593. The summed E-state index contributed by atoms with van der Waals surface area (Å²) in [7, 11) is 0. The van der Waals surface area contributed by atoms with E-state index in [1.165, 1.54) is 0 Å². The number of benzene rings is 1. The van der Waals surface area contributed by atoms with Crippen molar-refractivity contribution in [2.24, 2.45) is 0 Å². The number of nitrogens with one attached hydrogen (secondary N) is 1. The van der Waals surface area contributed by atoms with Crippen LogP contribution in [0.2, 0.25) is 0 Å². The van der Waals surface area contributed by atoms with Crippen LogP contribution in [-0.2, 0) is 16.1 Å². The molecule has 0 unspecified atom stereocenters. The fourth-order valence-electron chi connectivity index (χ4n) is 1.45. The lowest BCUT2D eigenvalue weighted by Crippen LogP contribution is -2.32. The van der Waals surface area contributed by atoms with Crippen LogP contribution >= 0.6 is 0 Å². The molecule has 1 aromatic carbocycles. The van der Waals surface area contributed by atoms with Gasteiger partial charge >= 0.3 is 5.97 Å². The molecule has 1 atom stereocenters. The lowest BCUT2D eigenvalue weighted by atomic mass is 10.2. The molecule has 0 aliphatic carbocycles. The van der Waals surface area contributed by atoms with Crippen LogP contribution in [0.5, 0.6) is 0 Å². The molecular formula is C12H13NO2. The van der Waals surface area contributed by atoms with Gasteiger partial charge in [-0.1, -0.05) is 42.5 Å². The molecule has 0 radical (unpaired) electrons. The average Bonchev–Trinajstić information content (AvgIpc) is 2.81. The first-order valence-corrected chi connectivity index (χ1v) is 4.97. The Morgan fingerprint density at radius 1 is 1.40 bits per heavy atom. The van der Waals surface area contributed by atoms with Gasteiger partial charge in [-0.25, -0.2) is 4.79 Å². The molecule has 0 bridgehead atoms. The molecule has 1 aromatic rings. The smallest absolute Gasteiger partial charge is 0.327 e. The molecule has 0 aromatic heterocycles. The normalized spacial score (nSPS) is 19.1. The molecule has 0 spiro atoms. The number of hydrogen-bond donors (Lipinski definition) is 1. The van der Waals surface area contributed by atoms with Crippen molar-refractivity contribution in [3.05, 3.63) is 48.0 Å². The summed E-state index contributed by atoms with van der Waals surface area (Å²) in [5.74, 6) is -0.215. The second-order valence-electron chi connectivity index (χ2n) is 3.41. The first kappa shape index (κ1) is 9.93. The van der Waals surface area contributed by atoms with Gasteiger partial charge in [0.15, 0.2) is 0 Å². The molecule has 3 heteroatoms. The molecule has 15 heavy (non-hydrogen) atoms. The number of hydrogen-bond acceptors (Lipinski definition) is 3. The molecule has 0 saturated carbocycles. The van der Waals surface area contributed by atoms with Gasteiger partial charge in [0.1, 0.15) is 12.6 Å². The first-order chi connectivity index (χ1) is 7.36. The highest BCUT2D eigenvalue weighted by atomic mass is 16.5. The molecule has 0 saturated heterocycles. The molecule has 1 aliphatic heterocycles. The maximum absolute atomic E-state index is 11.5. The summed E-state index contributed by atoms with van der Waals surface area (Å²) < 4.78 is 5.16. The van der Waals surface area contributed by atoms with Gasteiger partial charge in [0, 0.05) is 6.54 Å². The van der Waals surface area contributed by atoms with E-state index in [1.807, 2.05) is 42.5 Å². The summed E-state index contributed by atoms with van der Waals surface area (Å²) in [4.78, 5) is 11.5. The third-order valence-electron chi connectivity index (χ3n) is 2.26. The summed E-state index contributed by atoms with van der Waals surface area (Å²) in [5, 5.41) is 3.01. The number of carbonyl (C=O) groups is 1. The van der Waals surface area contributed by atoms with Crippen LogP contribution in [-0.4, -0.2) is 18.6 Å². The monoisotopic (exact) mass is 203 g/mol. The van der Waals surface area contributed by atoms with Crippen molar-refractivity contribution >= 4 is 5.97 Å². The van der Waals surface area contributed by atoms with Crippen molar-refractivity contribution in [2.75, 3.05) is 6.54 Å². The fourth-order valence-corrected chi connectivity index (χ4v) is 1.45. The fraction of sp³-hybridized carbons (Fsp3) is 0.250. The molecule has 0 amide bonds. The lowest BCUT2D eigenvalue weighted by Gasteiger charge is -2.09. The van der Waals surface area contributed by atoms with Crippen LogP contribution in [0, 0.1) is 0 Å². The largest absolute Gasteiger partial charge is 0.459 e. The molecule has 1 N–H and O–H groups in total. The van der Waals surface area contributed by atoms with Crippen molar-refractivity contribution in [1.82, 2.24) is 5.32 Å². The predicted molar refractivity (Wildman–Crippen MR) is 57.2 cm³/mol. The Kier molecular flexibility index (Phi) is 3.15. The van der Waals surface area contributed by atoms with Gasteiger partial charge in [-0.2, -0.15) is 0 Å². The highest BCUT2D eigenvalue weighted by Gasteiger charge is 2.18. The van der Waals surface area contributed by atoms with Crippen LogP contribution < -0.4 is 5.32 Å². The Bertz CT molecular complexity index is 359. The molecule has 78 valence electrons. The highest BCUT2D eigenvalue weighted by molar-refractivity contribution is 5.78. The third kappa shape index (κ3) is 2.67. The van der Waals surface area contributed by atoms with Crippen molar-refractivity contribution in [1.29, 1.82) is 0 Å². The first-order valence-electron chi connectivity index (χ1n) is 4.97. The topological polar surface area (TPSA) is 38.3 Å². The minimum absolute atomic E-state index is 0.215. The van der Waals surface area contributed by atoms with Gasteiger partial charge in [-0.05, 0) is 5.56 Å². The van der Waals surface area contributed by atoms with Gasteiger partial charge < -0.3 is 4.74 Å². The number of ether oxygens (including phenoxy) is 1. The Morgan fingerprint density at radius 3 is 2.87 bits per heavy atom. The van der Waals surface area contributed by atoms with E-state index in [4.69, 9.17) is 4.74 Å². The van der Waals surface area contributed by atoms with Crippen LogP contribution in [0.3, 0.4) is 0 Å². The third-order valence-corrected chi connectivity index (χ3v) is 2.26.